The minimum atomic E-state index is 0.646. The Morgan fingerprint density at radius 1 is 0.321 bits per heavy atom. The molecule has 12 rings (SSSR count). The molecular formula is C46H28N8S2. The van der Waals surface area contributed by atoms with Gasteiger partial charge in [-0.3, -0.25) is 8.80 Å². The van der Waals surface area contributed by atoms with Crippen molar-refractivity contribution in [1.29, 1.82) is 0 Å². The second-order valence-corrected chi connectivity index (χ2v) is 15.9. The number of para-hydroxylation sites is 6. The van der Waals surface area contributed by atoms with Gasteiger partial charge in [0, 0.05) is 42.1 Å². The molecule has 0 spiro atoms. The first kappa shape index (κ1) is 31.5. The van der Waals surface area contributed by atoms with Gasteiger partial charge < -0.3 is 9.80 Å². The molecule has 10 aromatic rings. The number of hydrogen-bond donors (Lipinski definition) is 0. The third kappa shape index (κ3) is 4.69. The first-order valence-electron chi connectivity index (χ1n) is 18.3. The van der Waals surface area contributed by atoms with E-state index in [0.717, 1.165) is 45.2 Å². The average Bonchev–Trinajstić information content (AvgIpc) is 3.91. The van der Waals surface area contributed by atoms with E-state index in [2.05, 4.69) is 188 Å². The lowest BCUT2D eigenvalue weighted by atomic mass is 10.1. The fourth-order valence-corrected chi connectivity index (χ4v) is 10.1. The summed E-state index contributed by atoms with van der Waals surface area (Å²) in [5, 5.41) is 19.0. The van der Waals surface area contributed by atoms with E-state index in [-0.39, 0.29) is 0 Å². The van der Waals surface area contributed by atoms with Crippen LogP contribution in [0.4, 0.5) is 34.1 Å². The molecule has 0 amide bonds. The van der Waals surface area contributed by atoms with Gasteiger partial charge in [-0.1, -0.05) is 84.2 Å². The summed E-state index contributed by atoms with van der Waals surface area (Å²) in [5.41, 5.74) is 12.0. The number of hydrogen-bond acceptors (Lipinski definition) is 8. The first-order valence-corrected chi connectivity index (χ1v) is 20.0. The van der Waals surface area contributed by atoms with Gasteiger partial charge in [0.2, 0.25) is 11.3 Å². The molecule has 5 heterocycles. The second-order valence-electron chi connectivity index (χ2n) is 13.7. The van der Waals surface area contributed by atoms with Crippen molar-refractivity contribution in [2.24, 2.45) is 0 Å². The molecule has 0 N–H and O–H groups in total. The van der Waals surface area contributed by atoms with Gasteiger partial charge in [0.25, 0.3) is 0 Å². The molecule has 0 saturated carbocycles. The Bertz CT molecular complexity index is 2870. The molecule has 0 aliphatic carbocycles. The minimum Gasteiger partial charge on any atom is -0.308 e. The van der Waals surface area contributed by atoms with Gasteiger partial charge in [-0.2, -0.15) is 0 Å². The van der Waals surface area contributed by atoms with E-state index in [0.29, 0.717) is 11.3 Å². The molecule has 2 aliphatic rings. The zero-order valence-corrected chi connectivity index (χ0v) is 31.2. The summed E-state index contributed by atoms with van der Waals surface area (Å²) in [6.45, 7) is 0. The Morgan fingerprint density at radius 3 is 1.00 bits per heavy atom. The highest BCUT2D eigenvalue weighted by Crippen LogP contribution is 2.52. The summed E-state index contributed by atoms with van der Waals surface area (Å²) in [7, 11) is 0. The molecule has 0 fully saturated rings. The third-order valence-corrected chi connectivity index (χ3v) is 12.8. The van der Waals surface area contributed by atoms with Crippen LogP contribution in [0.25, 0.3) is 45.1 Å². The fourth-order valence-electron chi connectivity index (χ4n) is 8.02. The molecule has 0 bridgehead atoms. The van der Waals surface area contributed by atoms with E-state index in [9.17, 15) is 0 Å². The lowest BCUT2D eigenvalue weighted by Crippen LogP contribution is -2.14. The fraction of sp³-hybridized carbons (Fsp3) is 0. The number of anilines is 6. The standard InChI is InChI=1S/C46H28N8S2/c1-2-12-34-33(11-1)53-43(29-21-25-31(26-22-29)51-35-13-3-7-17-39(35)55-40-18-8-4-14-36(40)51)47-49-45(53)46-50-48-44(54(34)46)30-23-27-32(28-24-30)52-37-15-5-9-19-41(37)56-42-20-10-6-16-38(42)52/h1-28H. The van der Waals surface area contributed by atoms with Crippen molar-refractivity contribution in [1.82, 2.24) is 29.2 Å². The maximum atomic E-state index is 4.77. The summed E-state index contributed by atoms with van der Waals surface area (Å²) in [4.78, 5) is 9.59. The van der Waals surface area contributed by atoms with Crippen LogP contribution < -0.4 is 9.80 Å². The van der Waals surface area contributed by atoms with Crippen molar-refractivity contribution >= 4 is 80.0 Å². The van der Waals surface area contributed by atoms with Crippen LogP contribution in [0.2, 0.25) is 0 Å². The number of rotatable bonds is 4. The highest BCUT2D eigenvalue weighted by molar-refractivity contribution is 8.00. The molecule has 7 aromatic carbocycles. The van der Waals surface area contributed by atoms with Crippen LogP contribution in [0.3, 0.4) is 0 Å². The van der Waals surface area contributed by atoms with E-state index < -0.39 is 0 Å². The molecule has 0 radical (unpaired) electrons. The molecule has 264 valence electrons. The van der Waals surface area contributed by atoms with Crippen molar-refractivity contribution in [3.63, 3.8) is 0 Å². The Hall–Kier alpha value is -6.88. The number of aromatic nitrogens is 6. The molecule has 0 unspecified atom stereocenters. The van der Waals surface area contributed by atoms with Crippen LogP contribution in [0.5, 0.6) is 0 Å². The average molecular weight is 757 g/mol. The monoisotopic (exact) mass is 756 g/mol. The zero-order valence-electron chi connectivity index (χ0n) is 29.6. The number of nitrogens with zero attached hydrogens (tertiary/aromatic N) is 8. The maximum Gasteiger partial charge on any atom is 0.207 e. The highest BCUT2D eigenvalue weighted by atomic mass is 32.2. The molecule has 56 heavy (non-hydrogen) atoms. The third-order valence-electron chi connectivity index (χ3n) is 10.5. The van der Waals surface area contributed by atoms with E-state index in [4.69, 9.17) is 20.4 Å². The van der Waals surface area contributed by atoms with Gasteiger partial charge >= 0.3 is 0 Å². The lowest BCUT2D eigenvalue weighted by molar-refractivity contribution is 1.10. The Morgan fingerprint density at radius 2 is 0.643 bits per heavy atom. The quantitative estimate of drug-likeness (QED) is 0.176. The second kappa shape index (κ2) is 12.3. The zero-order chi connectivity index (χ0) is 36.7. The molecule has 10 heteroatoms. The maximum absolute atomic E-state index is 4.77. The SMILES string of the molecule is c1ccc2c(c1)Sc1ccccc1N2c1ccc(-c2nnc3c4nnc(-c5ccc(N6c7ccccc7Sc7ccccc76)cc5)n4c4ccccc4n23)cc1. The smallest absolute Gasteiger partial charge is 0.207 e. The molecule has 0 atom stereocenters. The largest absolute Gasteiger partial charge is 0.308 e. The van der Waals surface area contributed by atoms with Crippen LogP contribution in [0.1, 0.15) is 0 Å². The first-order chi connectivity index (χ1) is 27.8. The number of benzene rings is 7. The molecule has 2 aliphatic heterocycles. The van der Waals surface area contributed by atoms with Crippen molar-refractivity contribution in [3.05, 3.63) is 170 Å². The van der Waals surface area contributed by atoms with E-state index in [1.807, 2.05) is 23.5 Å². The topological polar surface area (TPSA) is 66.9 Å². The van der Waals surface area contributed by atoms with Crippen LogP contribution in [-0.2, 0) is 0 Å². The Balaban J connectivity index is 0.948. The predicted octanol–water partition coefficient (Wildman–Crippen LogP) is 12.1. The van der Waals surface area contributed by atoms with Gasteiger partial charge in [0.15, 0.2) is 11.6 Å². The summed E-state index contributed by atoms with van der Waals surface area (Å²) in [6.07, 6.45) is 0. The molecule has 3 aromatic heterocycles. The summed E-state index contributed by atoms with van der Waals surface area (Å²) in [6, 6.07) is 59.8. The molecule has 0 saturated heterocycles. The molecule has 8 nitrogen and oxygen atoms in total. The molecular weight excluding hydrogens is 729 g/mol. The highest BCUT2D eigenvalue weighted by Gasteiger charge is 2.27. The van der Waals surface area contributed by atoms with Gasteiger partial charge in [0.05, 0.1) is 33.8 Å². The van der Waals surface area contributed by atoms with Gasteiger partial charge in [-0.15, -0.1) is 20.4 Å². The van der Waals surface area contributed by atoms with Gasteiger partial charge in [0.1, 0.15) is 0 Å². The van der Waals surface area contributed by atoms with Crippen LogP contribution in [0, 0.1) is 0 Å². The van der Waals surface area contributed by atoms with E-state index >= 15 is 0 Å². The van der Waals surface area contributed by atoms with Crippen LogP contribution >= 0.6 is 23.5 Å². The van der Waals surface area contributed by atoms with Gasteiger partial charge in [-0.05, 0) is 109 Å². The Kier molecular flexibility index (Phi) is 6.92. The van der Waals surface area contributed by atoms with E-state index in [1.54, 1.807) is 0 Å². The van der Waals surface area contributed by atoms with Crippen LogP contribution in [-0.4, -0.2) is 29.2 Å². The normalized spacial score (nSPS) is 13.1. The summed E-state index contributed by atoms with van der Waals surface area (Å²) >= 11 is 3.62. The van der Waals surface area contributed by atoms with Crippen LogP contribution in [0.15, 0.2) is 189 Å². The van der Waals surface area contributed by atoms with Crippen molar-refractivity contribution < 1.29 is 0 Å². The predicted molar refractivity (Wildman–Crippen MR) is 226 cm³/mol. The van der Waals surface area contributed by atoms with Crippen molar-refractivity contribution in [3.8, 4) is 22.8 Å². The summed E-state index contributed by atoms with van der Waals surface area (Å²) < 4.78 is 4.21. The minimum absolute atomic E-state index is 0.646. The van der Waals surface area contributed by atoms with Crippen molar-refractivity contribution in [2.45, 2.75) is 19.6 Å². The van der Waals surface area contributed by atoms with Gasteiger partial charge in [-0.25, -0.2) is 0 Å². The lowest BCUT2D eigenvalue weighted by Gasteiger charge is -2.32. The summed E-state index contributed by atoms with van der Waals surface area (Å²) in [5.74, 6) is 1.49. The Labute approximate surface area is 329 Å². The van der Waals surface area contributed by atoms with Crippen molar-refractivity contribution in [2.75, 3.05) is 9.80 Å². The number of fused-ring (bicyclic) bond motifs is 10. The van der Waals surface area contributed by atoms with E-state index in [1.165, 1.54) is 42.3 Å².